The zero-order chi connectivity index (χ0) is 23.7. The molecule has 2 aromatic heterocycles. The molecule has 174 valence electrons. The number of nitrogens with one attached hydrogen (secondary N) is 1. The monoisotopic (exact) mass is 460 g/mol. The van der Waals surface area contributed by atoms with Gasteiger partial charge in [-0.3, -0.25) is 4.79 Å². The Labute approximate surface area is 196 Å². The van der Waals surface area contributed by atoms with Crippen molar-refractivity contribution in [3.05, 3.63) is 47.8 Å². The summed E-state index contributed by atoms with van der Waals surface area (Å²) in [5, 5.41) is 9.57. The molecular weight excluding hydrogens is 436 g/mol. The van der Waals surface area contributed by atoms with Gasteiger partial charge in [0, 0.05) is 25.7 Å². The van der Waals surface area contributed by atoms with Gasteiger partial charge in [0.25, 0.3) is 0 Å². The topological polar surface area (TPSA) is 124 Å². The third kappa shape index (κ3) is 4.12. The molecule has 1 aliphatic carbocycles. The van der Waals surface area contributed by atoms with Gasteiger partial charge < -0.3 is 24.3 Å². The SMILES string of the molecule is COC(=O)Oc1cc2c(N3CCN(C(=O)Cc4ccc(CC#N)cc4)C4(CC4)C3)ncnc2[nH]1. The maximum atomic E-state index is 13.2. The molecule has 1 amide bonds. The number of aromatic nitrogens is 3. The molecule has 1 spiro atoms. The van der Waals surface area contributed by atoms with Crippen LogP contribution >= 0.6 is 0 Å². The smallest absolute Gasteiger partial charge is 0.437 e. The Kier molecular flexibility index (Phi) is 5.53. The number of H-pyrrole nitrogens is 1. The Morgan fingerprint density at radius 2 is 1.94 bits per heavy atom. The average Bonchev–Trinajstić information content (AvgIpc) is 3.46. The molecule has 1 saturated carbocycles. The summed E-state index contributed by atoms with van der Waals surface area (Å²) in [6.45, 7) is 1.93. The predicted molar refractivity (Wildman–Crippen MR) is 122 cm³/mol. The Hall–Kier alpha value is -4.13. The van der Waals surface area contributed by atoms with Crippen LogP contribution in [0.5, 0.6) is 5.88 Å². The quantitative estimate of drug-likeness (QED) is 0.576. The Balaban J connectivity index is 1.30. The number of nitrogens with zero attached hydrogens (tertiary/aromatic N) is 5. The summed E-state index contributed by atoms with van der Waals surface area (Å²) < 4.78 is 9.65. The number of hydrogen-bond acceptors (Lipinski definition) is 8. The van der Waals surface area contributed by atoms with E-state index in [1.165, 1.54) is 13.4 Å². The molecule has 5 rings (SSSR count). The highest BCUT2D eigenvalue weighted by Crippen LogP contribution is 2.45. The van der Waals surface area contributed by atoms with Crippen molar-refractivity contribution in [3.8, 4) is 11.9 Å². The lowest BCUT2D eigenvalue weighted by molar-refractivity contribution is -0.134. The van der Waals surface area contributed by atoms with Crippen LogP contribution in [0.1, 0.15) is 24.0 Å². The van der Waals surface area contributed by atoms with E-state index in [0.29, 0.717) is 38.1 Å². The molecule has 0 unspecified atom stereocenters. The van der Waals surface area contributed by atoms with Crippen LogP contribution in [0.4, 0.5) is 10.6 Å². The van der Waals surface area contributed by atoms with Crippen molar-refractivity contribution in [1.82, 2.24) is 19.9 Å². The first-order valence-electron chi connectivity index (χ1n) is 11.1. The summed E-state index contributed by atoms with van der Waals surface area (Å²) in [6.07, 6.45) is 3.28. The van der Waals surface area contributed by atoms with E-state index in [1.54, 1.807) is 6.07 Å². The maximum absolute atomic E-state index is 13.2. The van der Waals surface area contributed by atoms with Gasteiger partial charge in [-0.25, -0.2) is 14.8 Å². The van der Waals surface area contributed by atoms with E-state index >= 15 is 0 Å². The van der Waals surface area contributed by atoms with E-state index in [0.717, 1.165) is 35.2 Å². The largest absolute Gasteiger partial charge is 0.514 e. The summed E-state index contributed by atoms with van der Waals surface area (Å²) in [5.74, 6) is 1.10. The number of piperazine rings is 1. The van der Waals surface area contributed by atoms with Crippen molar-refractivity contribution in [3.63, 3.8) is 0 Å². The second kappa shape index (κ2) is 8.67. The summed E-state index contributed by atoms with van der Waals surface area (Å²) in [6, 6.07) is 11.5. The van der Waals surface area contributed by atoms with Crippen molar-refractivity contribution in [2.45, 2.75) is 31.2 Å². The normalized spacial score (nSPS) is 16.4. The second-order valence-electron chi connectivity index (χ2n) is 8.67. The van der Waals surface area contributed by atoms with Crippen molar-refractivity contribution >= 4 is 28.9 Å². The van der Waals surface area contributed by atoms with Crippen LogP contribution in [0, 0.1) is 11.3 Å². The van der Waals surface area contributed by atoms with Crippen LogP contribution in [0.2, 0.25) is 0 Å². The maximum Gasteiger partial charge on any atom is 0.514 e. The number of carbonyl (C=O) groups is 2. The first-order valence-corrected chi connectivity index (χ1v) is 11.1. The fourth-order valence-electron chi connectivity index (χ4n) is 4.60. The molecule has 1 aliphatic heterocycles. The number of hydrogen-bond donors (Lipinski definition) is 1. The Morgan fingerprint density at radius 3 is 2.65 bits per heavy atom. The van der Waals surface area contributed by atoms with Gasteiger partial charge in [-0.2, -0.15) is 5.26 Å². The number of benzene rings is 1. The molecule has 1 saturated heterocycles. The van der Waals surface area contributed by atoms with Crippen molar-refractivity contribution in [2.24, 2.45) is 0 Å². The molecule has 1 N–H and O–H groups in total. The molecule has 2 fully saturated rings. The fraction of sp³-hybridized carbons (Fsp3) is 0.375. The number of nitriles is 1. The minimum Gasteiger partial charge on any atom is -0.437 e. The standard InChI is InChI=1S/C24H24N6O4/c1-33-23(32)34-19-13-18-21(28-19)26-15-27-22(18)29-10-11-30(24(14-29)7-8-24)20(31)12-17-4-2-16(3-5-17)6-9-25/h2-5,13,15H,6-8,10-12,14H2,1H3,(H,26,27,28). The Morgan fingerprint density at radius 1 is 1.18 bits per heavy atom. The first-order chi connectivity index (χ1) is 16.5. The third-order valence-electron chi connectivity index (χ3n) is 6.48. The van der Waals surface area contributed by atoms with E-state index < -0.39 is 6.16 Å². The summed E-state index contributed by atoms with van der Waals surface area (Å²) in [7, 11) is 1.25. The van der Waals surface area contributed by atoms with Gasteiger partial charge >= 0.3 is 6.16 Å². The fourth-order valence-corrected chi connectivity index (χ4v) is 4.60. The lowest BCUT2D eigenvalue weighted by atomic mass is 10.0. The highest BCUT2D eigenvalue weighted by atomic mass is 16.7. The minimum absolute atomic E-state index is 0.119. The minimum atomic E-state index is -0.815. The van der Waals surface area contributed by atoms with Gasteiger partial charge in [0.15, 0.2) is 0 Å². The van der Waals surface area contributed by atoms with Crippen molar-refractivity contribution in [1.29, 1.82) is 5.26 Å². The summed E-state index contributed by atoms with van der Waals surface area (Å²) >= 11 is 0. The molecule has 2 aliphatic rings. The zero-order valence-corrected chi connectivity index (χ0v) is 18.8. The number of anilines is 1. The van der Waals surface area contributed by atoms with Gasteiger partial charge in [0.1, 0.15) is 17.8 Å². The second-order valence-corrected chi connectivity index (χ2v) is 8.67. The van der Waals surface area contributed by atoms with E-state index in [2.05, 4.69) is 30.7 Å². The van der Waals surface area contributed by atoms with Gasteiger partial charge in [0.05, 0.1) is 36.9 Å². The number of ether oxygens (including phenoxy) is 2. The zero-order valence-electron chi connectivity index (χ0n) is 18.8. The number of amides is 1. The molecular formula is C24H24N6O4. The highest BCUT2D eigenvalue weighted by Gasteiger charge is 2.53. The molecule has 10 nitrogen and oxygen atoms in total. The van der Waals surface area contributed by atoms with Crippen LogP contribution in [-0.2, 0) is 22.4 Å². The molecule has 34 heavy (non-hydrogen) atoms. The van der Waals surface area contributed by atoms with Gasteiger partial charge in [0.2, 0.25) is 11.8 Å². The van der Waals surface area contributed by atoms with Crippen LogP contribution in [0.25, 0.3) is 11.0 Å². The number of rotatable bonds is 5. The molecule has 0 bridgehead atoms. The van der Waals surface area contributed by atoms with Crippen molar-refractivity contribution in [2.75, 3.05) is 31.6 Å². The van der Waals surface area contributed by atoms with E-state index in [4.69, 9.17) is 10.00 Å². The molecule has 3 heterocycles. The molecule has 0 radical (unpaired) electrons. The third-order valence-corrected chi connectivity index (χ3v) is 6.48. The van der Waals surface area contributed by atoms with Crippen LogP contribution in [0.15, 0.2) is 36.7 Å². The van der Waals surface area contributed by atoms with Crippen LogP contribution in [-0.4, -0.2) is 64.2 Å². The number of carbonyl (C=O) groups excluding carboxylic acids is 2. The number of methoxy groups -OCH3 is 1. The predicted octanol–water partition coefficient (Wildman–Crippen LogP) is 2.59. The summed E-state index contributed by atoms with van der Waals surface area (Å²) in [5.41, 5.74) is 2.28. The van der Waals surface area contributed by atoms with E-state index in [1.807, 2.05) is 29.2 Å². The first kappa shape index (κ1) is 21.7. The molecule has 0 atom stereocenters. The van der Waals surface area contributed by atoms with Gasteiger partial charge in [-0.05, 0) is 24.0 Å². The van der Waals surface area contributed by atoms with Crippen molar-refractivity contribution < 1.29 is 19.1 Å². The van der Waals surface area contributed by atoms with E-state index in [-0.39, 0.29) is 17.3 Å². The number of fused-ring (bicyclic) bond motifs is 1. The van der Waals surface area contributed by atoms with Gasteiger partial charge in [-0.1, -0.05) is 24.3 Å². The Bertz CT molecular complexity index is 1270. The van der Waals surface area contributed by atoms with Gasteiger partial charge in [-0.15, -0.1) is 0 Å². The molecule has 10 heteroatoms. The van der Waals surface area contributed by atoms with Crippen LogP contribution < -0.4 is 9.64 Å². The molecule has 1 aromatic carbocycles. The summed E-state index contributed by atoms with van der Waals surface area (Å²) in [4.78, 5) is 40.5. The lowest BCUT2D eigenvalue weighted by Gasteiger charge is -2.43. The van der Waals surface area contributed by atoms with Crippen LogP contribution in [0.3, 0.4) is 0 Å². The average molecular weight is 460 g/mol. The van der Waals surface area contributed by atoms with E-state index in [9.17, 15) is 9.59 Å². The number of aromatic amines is 1. The molecule has 3 aromatic rings. The lowest BCUT2D eigenvalue weighted by Crippen LogP contribution is -2.57. The highest BCUT2D eigenvalue weighted by molar-refractivity contribution is 5.90.